The lowest BCUT2D eigenvalue weighted by Gasteiger charge is -2.12. The number of nitrogens with one attached hydrogen (secondary N) is 2. The number of aliphatic carboxylic acids is 1. The molecule has 1 heterocycles. The van der Waals surface area contributed by atoms with E-state index in [9.17, 15) is 18.0 Å². The lowest BCUT2D eigenvalue weighted by Crippen LogP contribution is -2.42. The molecule has 10 heteroatoms. The number of carboxylic acid groups (broad SMARTS) is 1. The van der Waals surface area contributed by atoms with E-state index in [1.165, 1.54) is 0 Å². The number of carbonyl (C=O) groups excluding carboxylic acids is 1. The standard InChI is InChI=1S/C8H11N3O6S/c1-17-7(12)2-6(8(13)14)11-18(15,16)5-3-9-10-4-5/h3-4,6,11H,2H2,1H3,(H,9,10)(H,13,14)/t6-/m0/s1. The molecule has 1 rings (SSSR count). The van der Waals surface area contributed by atoms with Crippen molar-refractivity contribution in [2.24, 2.45) is 0 Å². The smallest absolute Gasteiger partial charge is 0.322 e. The Bertz CT molecular complexity index is 523. The average molecular weight is 277 g/mol. The van der Waals surface area contributed by atoms with E-state index >= 15 is 0 Å². The van der Waals surface area contributed by atoms with E-state index in [1.807, 2.05) is 4.72 Å². The van der Waals surface area contributed by atoms with Crippen LogP contribution in [0.4, 0.5) is 0 Å². The number of esters is 1. The average Bonchev–Trinajstić information content (AvgIpc) is 2.81. The fraction of sp³-hybridized carbons (Fsp3) is 0.375. The molecule has 1 aromatic heterocycles. The van der Waals surface area contributed by atoms with Crippen LogP contribution in [0.1, 0.15) is 6.42 Å². The molecule has 0 saturated carbocycles. The van der Waals surface area contributed by atoms with Crippen LogP contribution in [0.25, 0.3) is 0 Å². The van der Waals surface area contributed by atoms with E-state index in [1.54, 1.807) is 0 Å². The van der Waals surface area contributed by atoms with Crippen LogP contribution in [0.15, 0.2) is 17.3 Å². The minimum atomic E-state index is -4.05. The van der Waals surface area contributed by atoms with Crippen molar-refractivity contribution >= 4 is 22.0 Å². The molecule has 0 spiro atoms. The molecular weight excluding hydrogens is 266 g/mol. The topological polar surface area (TPSA) is 138 Å². The van der Waals surface area contributed by atoms with Gasteiger partial charge in [0.05, 0.1) is 19.7 Å². The summed E-state index contributed by atoms with van der Waals surface area (Å²) in [4.78, 5) is 21.6. The van der Waals surface area contributed by atoms with Crippen LogP contribution in [-0.4, -0.2) is 48.8 Å². The predicted octanol–water partition coefficient (Wildman–Crippen LogP) is -1.30. The van der Waals surface area contributed by atoms with E-state index in [4.69, 9.17) is 5.11 Å². The Morgan fingerprint density at radius 1 is 1.61 bits per heavy atom. The number of carbonyl (C=O) groups is 2. The number of aromatic nitrogens is 2. The predicted molar refractivity (Wildman–Crippen MR) is 57.0 cm³/mol. The summed E-state index contributed by atoms with van der Waals surface area (Å²) < 4.78 is 29.5. The molecule has 0 aromatic carbocycles. The number of rotatable bonds is 6. The van der Waals surface area contributed by atoms with Crippen molar-refractivity contribution in [2.75, 3.05) is 7.11 Å². The van der Waals surface area contributed by atoms with Crippen molar-refractivity contribution < 1.29 is 27.9 Å². The first kappa shape index (κ1) is 14.1. The largest absolute Gasteiger partial charge is 0.480 e. The van der Waals surface area contributed by atoms with E-state index in [-0.39, 0.29) is 4.90 Å². The second kappa shape index (κ2) is 5.60. The molecule has 100 valence electrons. The van der Waals surface area contributed by atoms with Gasteiger partial charge in [-0.2, -0.15) is 9.82 Å². The number of carboxylic acids is 1. The van der Waals surface area contributed by atoms with Crippen LogP contribution in [0.3, 0.4) is 0 Å². The lowest BCUT2D eigenvalue weighted by atomic mass is 10.2. The maximum absolute atomic E-state index is 11.7. The first-order chi connectivity index (χ1) is 8.36. The van der Waals surface area contributed by atoms with E-state index < -0.39 is 34.4 Å². The molecule has 0 aliphatic rings. The Kier molecular flexibility index (Phi) is 4.39. The van der Waals surface area contributed by atoms with Gasteiger partial charge >= 0.3 is 11.9 Å². The maximum atomic E-state index is 11.7. The van der Waals surface area contributed by atoms with Crippen LogP contribution >= 0.6 is 0 Å². The highest BCUT2D eigenvalue weighted by Crippen LogP contribution is 2.07. The summed E-state index contributed by atoms with van der Waals surface area (Å²) in [5, 5.41) is 14.5. The van der Waals surface area contributed by atoms with Crippen molar-refractivity contribution in [3.8, 4) is 0 Å². The zero-order valence-corrected chi connectivity index (χ0v) is 10.1. The van der Waals surface area contributed by atoms with Gasteiger partial charge in [0.25, 0.3) is 0 Å². The number of ether oxygens (including phenoxy) is 1. The first-order valence-electron chi connectivity index (χ1n) is 4.67. The zero-order chi connectivity index (χ0) is 13.8. The Balaban J connectivity index is 2.85. The summed E-state index contributed by atoms with van der Waals surface area (Å²) in [6.07, 6.45) is 1.49. The van der Waals surface area contributed by atoms with Gasteiger partial charge in [0.1, 0.15) is 10.9 Å². The van der Waals surface area contributed by atoms with Gasteiger partial charge in [-0.3, -0.25) is 14.7 Å². The maximum Gasteiger partial charge on any atom is 0.322 e. The normalized spacial score (nSPS) is 12.9. The van der Waals surface area contributed by atoms with Crippen LogP contribution in [-0.2, 0) is 24.3 Å². The Hall–Kier alpha value is -1.94. The number of methoxy groups -OCH3 is 1. The molecule has 0 radical (unpaired) electrons. The van der Waals surface area contributed by atoms with E-state index in [0.717, 1.165) is 19.5 Å². The van der Waals surface area contributed by atoms with Gasteiger partial charge in [0.2, 0.25) is 10.0 Å². The van der Waals surface area contributed by atoms with Gasteiger partial charge in [-0.15, -0.1) is 0 Å². The molecule has 0 amide bonds. The van der Waals surface area contributed by atoms with Gasteiger partial charge in [0.15, 0.2) is 0 Å². The van der Waals surface area contributed by atoms with Gasteiger partial charge in [0, 0.05) is 6.20 Å². The van der Waals surface area contributed by atoms with Gasteiger partial charge in [-0.05, 0) is 0 Å². The SMILES string of the molecule is COC(=O)C[C@H](NS(=O)(=O)c1cn[nH]c1)C(=O)O. The summed E-state index contributed by atoms with van der Waals surface area (Å²) in [7, 11) is -2.97. The molecule has 3 N–H and O–H groups in total. The van der Waals surface area contributed by atoms with E-state index in [0.29, 0.717) is 0 Å². The van der Waals surface area contributed by atoms with Crippen molar-refractivity contribution in [3.05, 3.63) is 12.4 Å². The molecule has 0 saturated heterocycles. The number of hydrogen-bond donors (Lipinski definition) is 3. The third-order valence-electron chi connectivity index (χ3n) is 1.98. The monoisotopic (exact) mass is 277 g/mol. The van der Waals surface area contributed by atoms with Crippen molar-refractivity contribution in [1.82, 2.24) is 14.9 Å². The number of sulfonamides is 1. The quantitative estimate of drug-likeness (QED) is 0.549. The fourth-order valence-electron chi connectivity index (χ4n) is 1.07. The second-order valence-electron chi connectivity index (χ2n) is 3.23. The Morgan fingerprint density at radius 3 is 2.72 bits per heavy atom. The highest BCUT2D eigenvalue weighted by atomic mass is 32.2. The van der Waals surface area contributed by atoms with Crippen LogP contribution in [0.2, 0.25) is 0 Å². The molecule has 0 unspecified atom stereocenters. The minimum Gasteiger partial charge on any atom is -0.480 e. The molecular formula is C8H11N3O6S. The zero-order valence-electron chi connectivity index (χ0n) is 9.28. The Morgan fingerprint density at radius 2 is 2.28 bits per heavy atom. The first-order valence-corrected chi connectivity index (χ1v) is 6.16. The molecule has 0 aliphatic heterocycles. The third-order valence-corrected chi connectivity index (χ3v) is 3.42. The fourth-order valence-corrected chi connectivity index (χ4v) is 2.16. The molecule has 18 heavy (non-hydrogen) atoms. The molecule has 0 bridgehead atoms. The van der Waals surface area contributed by atoms with Gasteiger partial charge in [-0.25, -0.2) is 8.42 Å². The van der Waals surface area contributed by atoms with Crippen molar-refractivity contribution in [2.45, 2.75) is 17.4 Å². The summed E-state index contributed by atoms with van der Waals surface area (Å²) in [5.74, 6) is -2.32. The minimum absolute atomic E-state index is 0.224. The second-order valence-corrected chi connectivity index (χ2v) is 4.94. The molecule has 1 atom stereocenters. The van der Waals surface area contributed by atoms with Gasteiger partial charge in [-0.1, -0.05) is 0 Å². The number of hydrogen-bond acceptors (Lipinski definition) is 6. The molecule has 0 fully saturated rings. The van der Waals surface area contributed by atoms with E-state index in [2.05, 4.69) is 14.9 Å². The van der Waals surface area contributed by atoms with Crippen LogP contribution in [0.5, 0.6) is 0 Å². The lowest BCUT2D eigenvalue weighted by molar-refractivity contribution is -0.147. The summed E-state index contributed by atoms with van der Waals surface area (Å²) in [6.45, 7) is 0. The molecule has 9 nitrogen and oxygen atoms in total. The van der Waals surface area contributed by atoms with Crippen LogP contribution < -0.4 is 4.72 Å². The van der Waals surface area contributed by atoms with Crippen molar-refractivity contribution in [3.63, 3.8) is 0 Å². The third kappa shape index (κ3) is 3.53. The summed E-state index contributed by atoms with van der Waals surface area (Å²) >= 11 is 0. The number of nitrogens with zero attached hydrogens (tertiary/aromatic N) is 1. The molecule has 1 aromatic rings. The van der Waals surface area contributed by atoms with Crippen molar-refractivity contribution in [1.29, 1.82) is 0 Å². The van der Waals surface area contributed by atoms with Crippen LogP contribution in [0, 0.1) is 0 Å². The molecule has 0 aliphatic carbocycles. The summed E-state index contributed by atoms with van der Waals surface area (Å²) in [6, 6.07) is -1.60. The highest BCUT2D eigenvalue weighted by molar-refractivity contribution is 7.89. The number of aromatic amines is 1. The highest BCUT2D eigenvalue weighted by Gasteiger charge is 2.28. The Labute approximate surface area is 102 Å². The van der Waals surface area contributed by atoms with Gasteiger partial charge < -0.3 is 9.84 Å². The number of H-pyrrole nitrogens is 1. The summed E-state index contributed by atoms with van der Waals surface area (Å²) in [5.41, 5.74) is 0.